The van der Waals surface area contributed by atoms with Gasteiger partial charge in [0.25, 0.3) is 0 Å². The molecule has 3 nitrogen and oxygen atoms in total. The van der Waals surface area contributed by atoms with E-state index in [1.165, 1.54) is 17.7 Å². The number of hydrogen-bond donors (Lipinski definition) is 1. The summed E-state index contributed by atoms with van der Waals surface area (Å²) in [4.78, 5) is 14.4. The Morgan fingerprint density at radius 2 is 1.91 bits per heavy atom. The van der Waals surface area contributed by atoms with Crippen LogP contribution in [0, 0.1) is 19.7 Å². The van der Waals surface area contributed by atoms with Crippen molar-refractivity contribution < 1.29 is 9.18 Å². The van der Waals surface area contributed by atoms with E-state index < -0.39 is 0 Å². The lowest BCUT2D eigenvalue weighted by Gasteiger charge is -2.24. The van der Waals surface area contributed by atoms with Crippen molar-refractivity contribution in [2.24, 2.45) is 0 Å². The molecule has 3 rings (SSSR count). The molecule has 0 aliphatic carbocycles. The van der Waals surface area contributed by atoms with Crippen LogP contribution in [-0.2, 0) is 0 Å². The van der Waals surface area contributed by atoms with Crippen LogP contribution in [0.2, 0.25) is 0 Å². The number of halogens is 1. The van der Waals surface area contributed by atoms with E-state index in [0.717, 1.165) is 22.6 Å². The largest absolute Gasteiger partial charge is 0.323 e. The molecule has 0 unspecified atom stereocenters. The van der Waals surface area contributed by atoms with Crippen LogP contribution in [0.1, 0.15) is 22.1 Å². The minimum Gasteiger partial charge on any atom is -0.308 e. The molecular formula is C18H19FN2OS. The second kappa shape index (κ2) is 6.62. The third kappa shape index (κ3) is 3.50. The van der Waals surface area contributed by atoms with Crippen molar-refractivity contribution in [3.8, 4) is 0 Å². The molecule has 0 aromatic heterocycles. The van der Waals surface area contributed by atoms with Gasteiger partial charge in [-0.3, -0.25) is 0 Å². The smallest absolute Gasteiger partial charge is 0.308 e. The molecule has 120 valence electrons. The highest BCUT2D eigenvalue weighted by molar-refractivity contribution is 7.99. The highest BCUT2D eigenvalue weighted by Gasteiger charge is 2.30. The number of rotatable bonds is 2. The van der Waals surface area contributed by atoms with Crippen molar-refractivity contribution in [1.82, 2.24) is 4.90 Å². The molecule has 0 radical (unpaired) electrons. The van der Waals surface area contributed by atoms with E-state index in [4.69, 9.17) is 0 Å². The number of carbonyl (C=O) groups is 1. The van der Waals surface area contributed by atoms with Gasteiger partial charge in [0.05, 0.1) is 0 Å². The molecule has 1 aliphatic rings. The molecule has 0 spiro atoms. The summed E-state index contributed by atoms with van der Waals surface area (Å²) in [6.07, 6.45) is 0. The van der Waals surface area contributed by atoms with Gasteiger partial charge >= 0.3 is 6.03 Å². The number of carbonyl (C=O) groups excluding carboxylic acids is 1. The van der Waals surface area contributed by atoms with Gasteiger partial charge in [-0.2, -0.15) is 0 Å². The second-order valence-electron chi connectivity index (χ2n) is 5.70. The Hall–Kier alpha value is -2.01. The molecular weight excluding hydrogens is 311 g/mol. The first-order valence-electron chi connectivity index (χ1n) is 7.56. The number of nitrogens with zero attached hydrogens (tertiary/aromatic N) is 1. The van der Waals surface area contributed by atoms with E-state index in [1.54, 1.807) is 28.8 Å². The molecule has 2 aromatic carbocycles. The van der Waals surface area contributed by atoms with Crippen molar-refractivity contribution in [2.75, 3.05) is 17.6 Å². The maximum Gasteiger partial charge on any atom is 0.323 e. The average molecular weight is 330 g/mol. The molecule has 5 heteroatoms. The number of urea groups is 1. The normalized spacial score (nSPS) is 17.3. The first-order chi connectivity index (χ1) is 11.0. The third-order valence-corrected chi connectivity index (χ3v) is 5.33. The summed E-state index contributed by atoms with van der Waals surface area (Å²) >= 11 is 1.70. The third-order valence-electron chi connectivity index (χ3n) is 4.07. The summed E-state index contributed by atoms with van der Waals surface area (Å²) in [6.45, 7) is 4.75. The Kier molecular flexibility index (Phi) is 4.57. The van der Waals surface area contributed by atoms with Crippen LogP contribution in [0.25, 0.3) is 0 Å². The van der Waals surface area contributed by atoms with Crippen LogP contribution >= 0.6 is 11.8 Å². The van der Waals surface area contributed by atoms with Crippen LogP contribution in [0.15, 0.2) is 42.5 Å². The van der Waals surface area contributed by atoms with Crippen molar-refractivity contribution in [1.29, 1.82) is 0 Å². The fourth-order valence-electron chi connectivity index (χ4n) is 2.60. The minimum absolute atomic E-state index is 0.0675. The zero-order valence-corrected chi connectivity index (χ0v) is 14.0. The summed E-state index contributed by atoms with van der Waals surface area (Å²) in [5.74, 6) is 0.616. The highest BCUT2D eigenvalue weighted by Crippen LogP contribution is 2.38. The number of hydrogen-bond acceptors (Lipinski definition) is 2. The Balaban J connectivity index is 1.75. The number of amides is 2. The van der Waals surface area contributed by atoms with Gasteiger partial charge in [0.1, 0.15) is 11.2 Å². The minimum atomic E-state index is -0.261. The first-order valence-corrected chi connectivity index (χ1v) is 8.61. The van der Waals surface area contributed by atoms with Crippen LogP contribution in [0.4, 0.5) is 14.9 Å². The van der Waals surface area contributed by atoms with Crippen molar-refractivity contribution in [2.45, 2.75) is 19.2 Å². The SMILES string of the molecule is Cc1ccc(NC(=O)N2CCS[C@H]2c2ccc(F)cc2)cc1C. The van der Waals surface area contributed by atoms with E-state index in [-0.39, 0.29) is 17.2 Å². The van der Waals surface area contributed by atoms with Gasteiger partial charge in [-0.1, -0.05) is 18.2 Å². The van der Waals surface area contributed by atoms with Gasteiger partial charge in [0.15, 0.2) is 0 Å². The van der Waals surface area contributed by atoms with E-state index in [0.29, 0.717) is 6.54 Å². The summed E-state index contributed by atoms with van der Waals surface area (Å²) < 4.78 is 13.1. The molecule has 1 heterocycles. The maximum atomic E-state index is 13.1. The predicted octanol–water partition coefficient (Wildman–Crippen LogP) is 4.72. The topological polar surface area (TPSA) is 32.3 Å². The summed E-state index contributed by atoms with van der Waals surface area (Å²) in [6, 6.07) is 12.1. The number of nitrogens with one attached hydrogen (secondary N) is 1. The standard InChI is InChI=1S/C18H19FN2OS/c1-12-3-8-16(11-13(12)2)20-18(22)21-9-10-23-17(21)14-4-6-15(19)7-5-14/h3-8,11,17H,9-10H2,1-2H3,(H,20,22)/t17-/m0/s1. The molecule has 2 aromatic rings. The lowest BCUT2D eigenvalue weighted by Crippen LogP contribution is -2.34. The van der Waals surface area contributed by atoms with Gasteiger partial charge in [0, 0.05) is 18.0 Å². The zero-order chi connectivity index (χ0) is 16.4. The van der Waals surface area contributed by atoms with Gasteiger partial charge in [-0.25, -0.2) is 9.18 Å². The van der Waals surface area contributed by atoms with Gasteiger partial charge in [0.2, 0.25) is 0 Å². The Morgan fingerprint density at radius 1 is 1.17 bits per heavy atom. The quantitative estimate of drug-likeness (QED) is 0.864. The zero-order valence-electron chi connectivity index (χ0n) is 13.2. The number of aryl methyl sites for hydroxylation is 2. The lowest BCUT2D eigenvalue weighted by atomic mass is 10.1. The van der Waals surface area contributed by atoms with E-state index in [9.17, 15) is 9.18 Å². The second-order valence-corrected chi connectivity index (χ2v) is 6.89. The van der Waals surface area contributed by atoms with E-state index >= 15 is 0 Å². The molecule has 0 saturated carbocycles. The van der Waals surface area contributed by atoms with Crippen LogP contribution in [0.3, 0.4) is 0 Å². The summed E-state index contributed by atoms with van der Waals surface area (Å²) in [5.41, 5.74) is 4.09. The van der Waals surface area contributed by atoms with Crippen LogP contribution in [-0.4, -0.2) is 23.2 Å². The Morgan fingerprint density at radius 3 is 2.61 bits per heavy atom. The Labute approximate surface area is 139 Å². The summed E-state index contributed by atoms with van der Waals surface area (Å²) in [7, 11) is 0. The number of benzene rings is 2. The van der Waals surface area contributed by atoms with E-state index in [2.05, 4.69) is 5.32 Å². The first kappa shape index (κ1) is 15.9. The molecule has 1 N–H and O–H groups in total. The van der Waals surface area contributed by atoms with Crippen molar-refractivity contribution in [3.05, 3.63) is 65.0 Å². The fraction of sp³-hybridized carbons (Fsp3) is 0.278. The van der Waals surface area contributed by atoms with Gasteiger partial charge in [-0.15, -0.1) is 11.8 Å². The maximum absolute atomic E-state index is 13.1. The molecule has 1 saturated heterocycles. The summed E-state index contributed by atoms with van der Waals surface area (Å²) in [5, 5.41) is 2.90. The lowest BCUT2D eigenvalue weighted by molar-refractivity contribution is 0.214. The van der Waals surface area contributed by atoms with Crippen molar-refractivity contribution in [3.63, 3.8) is 0 Å². The van der Waals surface area contributed by atoms with E-state index in [1.807, 2.05) is 32.0 Å². The predicted molar refractivity (Wildman–Crippen MR) is 93.2 cm³/mol. The van der Waals surface area contributed by atoms with Crippen LogP contribution in [0.5, 0.6) is 0 Å². The average Bonchev–Trinajstić information content (AvgIpc) is 3.01. The fourth-order valence-corrected chi connectivity index (χ4v) is 3.85. The number of thioether (sulfide) groups is 1. The van der Waals surface area contributed by atoms with Crippen molar-refractivity contribution >= 4 is 23.5 Å². The van der Waals surface area contributed by atoms with Crippen LogP contribution < -0.4 is 5.32 Å². The molecule has 23 heavy (non-hydrogen) atoms. The monoisotopic (exact) mass is 330 g/mol. The molecule has 1 atom stereocenters. The molecule has 0 bridgehead atoms. The molecule has 2 amide bonds. The number of anilines is 1. The highest BCUT2D eigenvalue weighted by atomic mass is 32.2. The molecule has 1 aliphatic heterocycles. The Bertz CT molecular complexity index is 717. The van der Waals surface area contributed by atoms with Gasteiger partial charge in [-0.05, 0) is 54.8 Å². The molecule has 1 fully saturated rings. The van der Waals surface area contributed by atoms with Gasteiger partial charge < -0.3 is 10.2 Å².